The molecular formula is C16H27FN2. The molecule has 0 aliphatic rings. The van der Waals surface area contributed by atoms with Crippen LogP contribution in [-0.2, 0) is 13.1 Å². The number of hydrogen-bond donors (Lipinski definition) is 1. The molecule has 0 radical (unpaired) electrons. The van der Waals surface area contributed by atoms with E-state index in [-0.39, 0.29) is 5.82 Å². The van der Waals surface area contributed by atoms with Crippen LogP contribution in [0.25, 0.3) is 0 Å². The number of rotatable bonds is 8. The summed E-state index contributed by atoms with van der Waals surface area (Å²) in [6.07, 6.45) is 2.39. The van der Waals surface area contributed by atoms with E-state index in [4.69, 9.17) is 5.73 Å². The molecule has 0 aliphatic carbocycles. The first-order chi connectivity index (χ1) is 9.14. The van der Waals surface area contributed by atoms with Crippen LogP contribution in [-0.4, -0.2) is 18.0 Å². The molecule has 3 heteroatoms. The van der Waals surface area contributed by atoms with E-state index in [9.17, 15) is 4.39 Å². The summed E-state index contributed by atoms with van der Waals surface area (Å²) in [4.78, 5) is 2.38. The number of nitrogens with zero attached hydrogens (tertiary/aromatic N) is 1. The Morgan fingerprint density at radius 2 is 1.84 bits per heavy atom. The van der Waals surface area contributed by atoms with Gasteiger partial charge in [0.05, 0.1) is 0 Å². The minimum Gasteiger partial charge on any atom is -0.326 e. The van der Waals surface area contributed by atoms with Gasteiger partial charge >= 0.3 is 0 Å². The van der Waals surface area contributed by atoms with Crippen LogP contribution in [0.4, 0.5) is 4.39 Å². The van der Waals surface area contributed by atoms with Crippen LogP contribution >= 0.6 is 0 Å². The van der Waals surface area contributed by atoms with E-state index in [0.717, 1.165) is 36.7 Å². The highest BCUT2D eigenvalue weighted by Gasteiger charge is 2.12. The van der Waals surface area contributed by atoms with Crippen LogP contribution in [0.15, 0.2) is 18.2 Å². The zero-order valence-corrected chi connectivity index (χ0v) is 12.5. The molecule has 0 unspecified atom stereocenters. The molecule has 0 fully saturated rings. The molecule has 0 bridgehead atoms. The number of halogens is 1. The zero-order chi connectivity index (χ0) is 14.3. The number of benzene rings is 1. The minimum absolute atomic E-state index is 0.175. The zero-order valence-electron chi connectivity index (χ0n) is 12.5. The van der Waals surface area contributed by atoms with Gasteiger partial charge in [-0.1, -0.05) is 39.7 Å². The first kappa shape index (κ1) is 16.1. The van der Waals surface area contributed by atoms with Crippen molar-refractivity contribution in [3.05, 3.63) is 35.1 Å². The van der Waals surface area contributed by atoms with Gasteiger partial charge < -0.3 is 5.73 Å². The minimum atomic E-state index is -0.175. The third-order valence-corrected chi connectivity index (χ3v) is 3.90. The van der Waals surface area contributed by atoms with Crippen LogP contribution in [0.2, 0.25) is 0 Å². The van der Waals surface area contributed by atoms with Crippen LogP contribution in [0.1, 0.15) is 44.7 Å². The van der Waals surface area contributed by atoms with Crippen molar-refractivity contribution in [1.29, 1.82) is 0 Å². The maximum atomic E-state index is 13.4. The number of nitrogens with two attached hydrogens (primary N) is 1. The molecule has 0 aromatic heterocycles. The van der Waals surface area contributed by atoms with Crippen molar-refractivity contribution in [1.82, 2.24) is 4.90 Å². The SMILES string of the molecule is CCC(CC)CN(CC)Cc1cc(F)ccc1CN. The lowest BCUT2D eigenvalue weighted by molar-refractivity contribution is 0.225. The van der Waals surface area contributed by atoms with Crippen molar-refractivity contribution >= 4 is 0 Å². The Balaban J connectivity index is 2.77. The topological polar surface area (TPSA) is 29.3 Å². The lowest BCUT2D eigenvalue weighted by Crippen LogP contribution is -2.29. The molecule has 2 N–H and O–H groups in total. The van der Waals surface area contributed by atoms with E-state index in [1.54, 1.807) is 12.1 Å². The number of hydrogen-bond acceptors (Lipinski definition) is 2. The Morgan fingerprint density at radius 3 is 2.37 bits per heavy atom. The van der Waals surface area contributed by atoms with Crippen LogP contribution in [0.3, 0.4) is 0 Å². The van der Waals surface area contributed by atoms with Crippen LogP contribution < -0.4 is 5.73 Å². The Hall–Kier alpha value is -0.930. The monoisotopic (exact) mass is 266 g/mol. The van der Waals surface area contributed by atoms with E-state index in [1.807, 2.05) is 0 Å². The average Bonchev–Trinajstić information content (AvgIpc) is 2.43. The molecular weight excluding hydrogens is 239 g/mol. The molecule has 0 spiro atoms. The van der Waals surface area contributed by atoms with Crippen LogP contribution in [0.5, 0.6) is 0 Å². The molecule has 1 aromatic rings. The molecule has 1 aromatic carbocycles. The van der Waals surface area contributed by atoms with Gasteiger partial charge in [0.15, 0.2) is 0 Å². The molecule has 108 valence electrons. The van der Waals surface area contributed by atoms with Gasteiger partial charge in [-0.05, 0) is 35.7 Å². The predicted octanol–water partition coefficient (Wildman–Crippen LogP) is 3.54. The van der Waals surface area contributed by atoms with E-state index < -0.39 is 0 Å². The van der Waals surface area contributed by atoms with Crippen molar-refractivity contribution in [2.45, 2.75) is 46.7 Å². The second kappa shape index (κ2) is 8.28. The van der Waals surface area contributed by atoms with Gasteiger partial charge in [-0.15, -0.1) is 0 Å². The normalized spacial score (nSPS) is 11.5. The van der Waals surface area contributed by atoms with Crippen molar-refractivity contribution in [3.63, 3.8) is 0 Å². The molecule has 0 amide bonds. The molecule has 0 aliphatic heterocycles. The summed E-state index contributed by atoms with van der Waals surface area (Å²) in [6, 6.07) is 4.91. The van der Waals surface area contributed by atoms with Gasteiger partial charge in [0.1, 0.15) is 5.82 Å². The van der Waals surface area contributed by atoms with Gasteiger partial charge in [0.25, 0.3) is 0 Å². The summed E-state index contributed by atoms with van der Waals surface area (Å²) in [5, 5.41) is 0. The van der Waals surface area contributed by atoms with Gasteiger partial charge in [0, 0.05) is 19.6 Å². The largest absolute Gasteiger partial charge is 0.326 e. The summed E-state index contributed by atoms with van der Waals surface area (Å²) < 4.78 is 13.4. The average molecular weight is 266 g/mol. The highest BCUT2D eigenvalue weighted by Crippen LogP contribution is 2.16. The van der Waals surface area contributed by atoms with Gasteiger partial charge in [-0.3, -0.25) is 4.90 Å². The van der Waals surface area contributed by atoms with E-state index in [1.165, 1.54) is 18.9 Å². The Kier molecular flexibility index (Phi) is 7.03. The van der Waals surface area contributed by atoms with Crippen molar-refractivity contribution < 1.29 is 4.39 Å². The molecule has 19 heavy (non-hydrogen) atoms. The highest BCUT2D eigenvalue weighted by molar-refractivity contribution is 5.27. The van der Waals surface area contributed by atoms with Crippen molar-refractivity contribution in [2.75, 3.05) is 13.1 Å². The predicted molar refractivity (Wildman–Crippen MR) is 79.3 cm³/mol. The second-order valence-corrected chi connectivity index (χ2v) is 5.13. The Morgan fingerprint density at radius 1 is 1.16 bits per heavy atom. The van der Waals surface area contributed by atoms with Crippen molar-refractivity contribution in [2.24, 2.45) is 11.7 Å². The van der Waals surface area contributed by atoms with E-state index >= 15 is 0 Å². The Labute approximate surface area is 116 Å². The second-order valence-electron chi connectivity index (χ2n) is 5.13. The molecule has 0 saturated heterocycles. The first-order valence-corrected chi connectivity index (χ1v) is 7.34. The molecule has 2 nitrogen and oxygen atoms in total. The maximum absolute atomic E-state index is 13.4. The fourth-order valence-corrected chi connectivity index (χ4v) is 2.40. The molecule has 1 rings (SSSR count). The van der Waals surface area contributed by atoms with E-state index in [2.05, 4.69) is 25.7 Å². The Bertz CT molecular complexity index is 375. The quantitative estimate of drug-likeness (QED) is 0.779. The lowest BCUT2D eigenvalue weighted by Gasteiger charge is -2.26. The summed E-state index contributed by atoms with van der Waals surface area (Å²) in [7, 11) is 0. The summed E-state index contributed by atoms with van der Waals surface area (Å²) in [6.45, 7) is 9.94. The molecule has 0 heterocycles. The fraction of sp³-hybridized carbons (Fsp3) is 0.625. The highest BCUT2D eigenvalue weighted by atomic mass is 19.1. The van der Waals surface area contributed by atoms with Gasteiger partial charge in [-0.25, -0.2) is 4.39 Å². The third kappa shape index (κ3) is 4.92. The van der Waals surface area contributed by atoms with Gasteiger partial charge in [-0.2, -0.15) is 0 Å². The van der Waals surface area contributed by atoms with Crippen LogP contribution in [0, 0.1) is 11.7 Å². The van der Waals surface area contributed by atoms with Gasteiger partial charge in [0.2, 0.25) is 0 Å². The summed E-state index contributed by atoms with van der Waals surface area (Å²) >= 11 is 0. The summed E-state index contributed by atoms with van der Waals surface area (Å²) in [5.74, 6) is 0.542. The van der Waals surface area contributed by atoms with E-state index in [0.29, 0.717) is 6.54 Å². The fourth-order valence-electron chi connectivity index (χ4n) is 2.40. The summed E-state index contributed by atoms with van der Waals surface area (Å²) in [5.41, 5.74) is 7.80. The first-order valence-electron chi connectivity index (χ1n) is 7.34. The molecule has 0 saturated carbocycles. The van der Waals surface area contributed by atoms with Crippen molar-refractivity contribution in [3.8, 4) is 0 Å². The lowest BCUT2D eigenvalue weighted by atomic mass is 10.0. The maximum Gasteiger partial charge on any atom is 0.123 e. The molecule has 0 atom stereocenters. The smallest absolute Gasteiger partial charge is 0.123 e. The standard InChI is InChI=1S/C16H27FN2/c1-4-13(5-2)11-19(6-3)12-15-9-16(17)8-7-14(15)10-18/h7-9,13H,4-6,10-12,18H2,1-3H3. The third-order valence-electron chi connectivity index (χ3n) is 3.90.